The van der Waals surface area contributed by atoms with Crippen molar-refractivity contribution in [3.63, 3.8) is 0 Å². The van der Waals surface area contributed by atoms with Crippen LogP contribution in [0.25, 0.3) is 0 Å². The zero-order valence-electron chi connectivity index (χ0n) is 16.8. The average molecular weight is 393 g/mol. The number of nitrogens with zero attached hydrogens (tertiary/aromatic N) is 2. The Bertz CT molecular complexity index is 875. The summed E-state index contributed by atoms with van der Waals surface area (Å²) in [7, 11) is 0. The molecule has 2 heterocycles. The first-order valence-electron chi connectivity index (χ1n) is 10.2. The molecule has 152 valence electrons. The molecule has 2 aromatic rings. The lowest BCUT2D eigenvalue weighted by Gasteiger charge is -2.27. The van der Waals surface area contributed by atoms with Crippen molar-refractivity contribution in [1.29, 1.82) is 0 Å². The summed E-state index contributed by atoms with van der Waals surface area (Å²) in [4.78, 5) is 29.2. The second kappa shape index (κ2) is 8.66. The van der Waals surface area contributed by atoms with Crippen LogP contribution in [-0.4, -0.2) is 55.6 Å². The van der Waals surface area contributed by atoms with Crippen LogP contribution in [0, 0.1) is 0 Å². The molecule has 1 unspecified atom stereocenters. The molecule has 1 atom stereocenters. The molecule has 6 heteroatoms. The average Bonchev–Trinajstić information content (AvgIpc) is 3.21. The number of nitrogens with one attached hydrogen (secondary N) is 1. The molecule has 1 N–H and O–H groups in total. The number of morpholine rings is 1. The monoisotopic (exact) mass is 393 g/mol. The number of hydrogen-bond donors (Lipinski definition) is 1. The van der Waals surface area contributed by atoms with Gasteiger partial charge in [0, 0.05) is 37.4 Å². The normalized spacial score (nSPS) is 17.0. The molecule has 2 aliphatic heterocycles. The quantitative estimate of drug-likeness (QED) is 0.846. The highest BCUT2D eigenvalue weighted by Gasteiger charge is 2.27. The third kappa shape index (κ3) is 4.27. The Balaban J connectivity index is 1.32. The Morgan fingerprint density at radius 1 is 1.03 bits per heavy atom. The molecule has 0 aliphatic carbocycles. The summed E-state index contributed by atoms with van der Waals surface area (Å²) in [5, 5.41) is 3.03. The van der Waals surface area contributed by atoms with Gasteiger partial charge in [-0.2, -0.15) is 0 Å². The maximum absolute atomic E-state index is 12.7. The lowest BCUT2D eigenvalue weighted by Crippen LogP contribution is -2.44. The zero-order valence-corrected chi connectivity index (χ0v) is 16.8. The molecule has 0 aromatic heterocycles. The van der Waals surface area contributed by atoms with Gasteiger partial charge in [-0.1, -0.05) is 30.3 Å². The minimum atomic E-state index is -0.221. The fraction of sp³-hybridized carbons (Fsp3) is 0.391. The third-order valence-corrected chi connectivity index (χ3v) is 5.74. The second-order valence-corrected chi connectivity index (χ2v) is 7.57. The Hall–Kier alpha value is -2.86. The van der Waals surface area contributed by atoms with Gasteiger partial charge in [-0.15, -0.1) is 0 Å². The van der Waals surface area contributed by atoms with Crippen molar-refractivity contribution in [2.75, 3.05) is 37.7 Å². The van der Waals surface area contributed by atoms with Gasteiger partial charge in [-0.25, -0.2) is 0 Å². The van der Waals surface area contributed by atoms with Crippen molar-refractivity contribution >= 4 is 17.5 Å². The van der Waals surface area contributed by atoms with Crippen molar-refractivity contribution in [2.24, 2.45) is 0 Å². The van der Waals surface area contributed by atoms with E-state index in [0.717, 1.165) is 24.2 Å². The Kier molecular flexibility index (Phi) is 5.81. The number of amides is 2. The fourth-order valence-electron chi connectivity index (χ4n) is 3.96. The maximum Gasteiger partial charge on any atom is 0.254 e. The molecule has 2 aromatic carbocycles. The van der Waals surface area contributed by atoms with Gasteiger partial charge in [0.25, 0.3) is 5.91 Å². The number of ether oxygens (including phenoxy) is 1. The molecule has 2 aliphatic rings. The molecule has 29 heavy (non-hydrogen) atoms. The van der Waals surface area contributed by atoms with E-state index >= 15 is 0 Å². The SMILES string of the molecule is CC(C(=O)NCc1ccc(C(=O)N2CCOCC2)cc1)N1CCc2ccccc21. The molecule has 0 spiro atoms. The van der Waals surface area contributed by atoms with E-state index in [1.54, 1.807) is 0 Å². The van der Waals surface area contributed by atoms with Crippen LogP contribution >= 0.6 is 0 Å². The lowest BCUT2D eigenvalue weighted by molar-refractivity contribution is -0.122. The summed E-state index contributed by atoms with van der Waals surface area (Å²) in [6, 6.07) is 15.5. The van der Waals surface area contributed by atoms with E-state index in [1.165, 1.54) is 5.56 Å². The van der Waals surface area contributed by atoms with E-state index in [0.29, 0.717) is 38.4 Å². The molecule has 4 rings (SSSR count). The number of rotatable bonds is 5. The summed E-state index contributed by atoms with van der Waals surface area (Å²) in [6.07, 6.45) is 0.979. The van der Waals surface area contributed by atoms with Crippen molar-refractivity contribution in [3.05, 3.63) is 65.2 Å². The van der Waals surface area contributed by atoms with Gasteiger partial charge in [0.1, 0.15) is 6.04 Å². The largest absolute Gasteiger partial charge is 0.378 e. The Morgan fingerprint density at radius 2 is 1.76 bits per heavy atom. The van der Waals surface area contributed by atoms with Crippen molar-refractivity contribution in [1.82, 2.24) is 10.2 Å². The first-order chi connectivity index (χ1) is 14.1. The predicted molar refractivity (Wildman–Crippen MR) is 112 cm³/mol. The van der Waals surface area contributed by atoms with Gasteiger partial charge in [0.15, 0.2) is 0 Å². The first-order valence-corrected chi connectivity index (χ1v) is 10.2. The predicted octanol–water partition coefficient (Wildman–Crippen LogP) is 2.23. The van der Waals surface area contributed by atoms with Gasteiger partial charge < -0.3 is 19.9 Å². The molecule has 0 radical (unpaired) electrons. The van der Waals surface area contributed by atoms with Crippen molar-refractivity contribution in [3.8, 4) is 0 Å². The minimum absolute atomic E-state index is 0.00942. The van der Waals surface area contributed by atoms with Gasteiger partial charge >= 0.3 is 0 Å². The molecule has 6 nitrogen and oxygen atoms in total. The van der Waals surface area contributed by atoms with E-state index in [9.17, 15) is 9.59 Å². The van der Waals surface area contributed by atoms with Crippen LogP contribution in [0.1, 0.15) is 28.4 Å². The third-order valence-electron chi connectivity index (χ3n) is 5.74. The van der Waals surface area contributed by atoms with Crippen LogP contribution in [0.4, 0.5) is 5.69 Å². The number of para-hydroxylation sites is 1. The Labute approximate surface area is 171 Å². The molecule has 1 saturated heterocycles. The molecule has 0 saturated carbocycles. The zero-order chi connectivity index (χ0) is 20.2. The van der Waals surface area contributed by atoms with Gasteiger partial charge in [-0.05, 0) is 42.7 Å². The summed E-state index contributed by atoms with van der Waals surface area (Å²) in [6.45, 7) is 5.71. The summed E-state index contributed by atoms with van der Waals surface area (Å²) < 4.78 is 5.30. The standard InChI is InChI=1S/C23H27N3O3/c1-17(26-11-10-19-4-2-3-5-21(19)26)22(27)24-16-18-6-8-20(9-7-18)23(28)25-12-14-29-15-13-25/h2-9,17H,10-16H2,1H3,(H,24,27). The van der Waals surface area contributed by atoms with Crippen LogP contribution in [0.2, 0.25) is 0 Å². The number of hydrogen-bond acceptors (Lipinski definition) is 4. The van der Waals surface area contributed by atoms with Crippen LogP contribution < -0.4 is 10.2 Å². The number of benzene rings is 2. The van der Waals surface area contributed by atoms with Gasteiger partial charge in [0.2, 0.25) is 5.91 Å². The fourth-order valence-corrected chi connectivity index (χ4v) is 3.96. The molecular formula is C23H27N3O3. The first kappa shape index (κ1) is 19.5. The lowest BCUT2D eigenvalue weighted by atomic mass is 10.1. The smallest absolute Gasteiger partial charge is 0.254 e. The van der Waals surface area contributed by atoms with E-state index < -0.39 is 0 Å². The topological polar surface area (TPSA) is 61.9 Å². The summed E-state index contributed by atoms with van der Waals surface area (Å²) in [5.74, 6) is 0.0420. The second-order valence-electron chi connectivity index (χ2n) is 7.57. The van der Waals surface area contributed by atoms with Crippen LogP contribution in [0.15, 0.2) is 48.5 Å². The number of fused-ring (bicyclic) bond motifs is 1. The summed E-state index contributed by atoms with van der Waals surface area (Å²) >= 11 is 0. The summed E-state index contributed by atoms with van der Waals surface area (Å²) in [5.41, 5.74) is 4.10. The van der Waals surface area contributed by atoms with Crippen molar-refractivity contribution in [2.45, 2.75) is 25.9 Å². The van der Waals surface area contributed by atoms with E-state index in [4.69, 9.17) is 4.74 Å². The highest BCUT2D eigenvalue weighted by Crippen LogP contribution is 2.29. The minimum Gasteiger partial charge on any atom is -0.378 e. The number of carbonyl (C=O) groups is 2. The van der Waals surface area contributed by atoms with E-state index in [-0.39, 0.29) is 17.9 Å². The molecule has 0 bridgehead atoms. The van der Waals surface area contributed by atoms with Crippen LogP contribution in [0.3, 0.4) is 0 Å². The molecule has 1 fully saturated rings. The van der Waals surface area contributed by atoms with Crippen molar-refractivity contribution < 1.29 is 14.3 Å². The van der Waals surface area contributed by atoms with Gasteiger partial charge in [0.05, 0.1) is 13.2 Å². The Morgan fingerprint density at radius 3 is 2.52 bits per heavy atom. The maximum atomic E-state index is 12.7. The van der Waals surface area contributed by atoms with Crippen LogP contribution in [0.5, 0.6) is 0 Å². The van der Waals surface area contributed by atoms with E-state index in [2.05, 4.69) is 22.3 Å². The van der Waals surface area contributed by atoms with Gasteiger partial charge in [-0.3, -0.25) is 9.59 Å². The highest BCUT2D eigenvalue weighted by molar-refractivity contribution is 5.94. The van der Waals surface area contributed by atoms with Crippen LogP contribution in [-0.2, 0) is 22.5 Å². The highest BCUT2D eigenvalue weighted by atomic mass is 16.5. The van der Waals surface area contributed by atoms with E-state index in [1.807, 2.05) is 48.2 Å². The molecular weight excluding hydrogens is 366 g/mol. The molecule has 2 amide bonds. The number of carbonyl (C=O) groups excluding carboxylic acids is 2. The number of anilines is 1.